The van der Waals surface area contributed by atoms with Gasteiger partial charge in [0.1, 0.15) is 6.61 Å². The van der Waals surface area contributed by atoms with E-state index in [0.29, 0.717) is 31.9 Å². The van der Waals surface area contributed by atoms with Crippen LogP contribution in [0.1, 0.15) is 32.6 Å². The molecule has 0 radical (unpaired) electrons. The maximum Gasteiger partial charge on any atom is 0.338 e. The molecule has 0 N–H and O–H groups in total. The molecule has 3 rings (SSSR count). The van der Waals surface area contributed by atoms with Crippen LogP contribution in [-0.4, -0.2) is 45.0 Å². The fourth-order valence-electron chi connectivity index (χ4n) is 3.30. The molecule has 0 saturated carbocycles. The van der Waals surface area contributed by atoms with E-state index in [4.69, 9.17) is 9.47 Å². The second-order valence-corrected chi connectivity index (χ2v) is 9.00. The summed E-state index contributed by atoms with van der Waals surface area (Å²) in [6.07, 6.45) is 0. The minimum Gasteiger partial charge on any atom is -0.457 e. The summed E-state index contributed by atoms with van der Waals surface area (Å²) >= 11 is 0. The van der Waals surface area contributed by atoms with Crippen molar-refractivity contribution in [2.75, 3.05) is 26.3 Å². The molecule has 0 spiro atoms. The highest BCUT2D eigenvalue weighted by Crippen LogP contribution is 2.21. The number of ether oxygens (including phenoxy) is 2. The number of carbonyl (C=O) groups excluding carboxylic acids is 1. The highest BCUT2D eigenvalue weighted by molar-refractivity contribution is 7.89. The molecule has 1 fully saturated rings. The fourth-order valence-corrected chi connectivity index (χ4v) is 4.73. The maximum absolute atomic E-state index is 12.8. The summed E-state index contributed by atoms with van der Waals surface area (Å²) in [5.41, 5.74) is 4.03. The highest BCUT2D eigenvalue weighted by Gasteiger charge is 2.27. The maximum atomic E-state index is 12.8. The summed E-state index contributed by atoms with van der Waals surface area (Å²) in [6.45, 7) is 7.24. The highest BCUT2D eigenvalue weighted by atomic mass is 32.2. The number of hydrogen-bond acceptors (Lipinski definition) is 5. The van der Waals surface area contributed by atoms with Crippen molar-refractivity contribution in [2.45, 2.75) is 32.3 Å². The van der Waals surface area contributed by atoms with Crippen LogP contribution < -0.4 is 0 Å². The first kappa shape index (κ1) is 20.5. The second-order valence-electron chi connectivity index (χ2n) is 7.07. The minimum atomic E-state index is -3.67. The van der Waals surface area contributed by atoms with E-state index in [2.05, 4.69) is 6.07 Å². The standard InChI is InChI=1S/C21H25NO5S/c1-15-10-16(2)12-18(11-15)14-27-21(23)20-13-19(5-4-17(20)3)28(24,25)22-6-8-26-9-7-22/h4-5,10-13H,6-9,14H2,1-3H3. The zero-order chi connectivity index (χ0) is 20.3. The van der Waals surface area contributed by atoms with Gasteiger partial charge in [0.05, 0.1) is 23.7 Å². The van der Waals surface area contributed by atoms with Gasteiger partial charge in [-0.2, -0.15) is 4.31 Å². The SMILES string of the molecule is Cc1cc(C)cc(COC(=O)c2cc(S(=O)(=O)N3CCOCC3)ccc2C)c1. The van der Waals surface area contributed by atoms with Crippen LogP contribution >= 0.6 is 0 Å². The Kier molecular flexibility index (Phi) is 6.17. The molecule has 6 nitrogen and oxygen atoms in total. The van der Waals surface area contributed by atoms with Crippen molar-refractivity contribution in [3.8, 4) is 0 Å². The lowest BCUT2D eigenvalue weighted by Gasteiger charge is -2.26. The van der Waals surface area contributed by atoms with Gasteiger partial charge in [0.2, 0.25) is 10.0 Å². The van der Waals surface area contributed by atoms with Crippen LogP contribution in [0.5, 0.6) is 0 Å². The van der Waals surface area contributed by atoms with Gasteiger partial charge in [0, 0.05) is 13.1 Å². The Bertz CT molecular complexity index is 958. The number of esters is 1. The van der Waals surface area contributed by atoms with Gasteiger partial charge in [-0.15, -0.1) is 0 Å². The fraction of sp³-hybridized carbons (Fsp3) is 0.381. The summed E-state index contributed by atoms with van der Waals surface area (Å²) in [5, 5.41) is 0. The van der Waals surface area contributed by atoms with Crippen LogP contribution in [0.2, 0.25) is 0 Å². The van der Waals surface area contributed by atoms with Crippen molar-refractivity contribution >= 4 is 16.0 Å². The largest absolute Gasteiger partial charge is 0.457 e. The van der Waals surface area contributed by atoms with Gasteiger partial charge in [-0.25, -0.2) is 13.2 Å². The molecular formula is C21H25NO5S. The molecule has 2 aromatic carbocycles. The molecule has 0 bridgehead atoms. The molecule has 0 atom stereocenters. The average Bonchev–Trinajstić information content (AvgIpc) is 2.66. The number of aryl methyl sites for hydroxylation is 3. The van der Waals surface area contributed by atoms with E-state index in [-0.39, 0.29) is 17.1 Å². The molecule has 7 heteroatoms. The van der Waals surface area contributed by atoms with Gasteiger partial charge < -0.3 is 9.47 Å². The first-order valence-corrected chi connectivity index (χ1v) is 10.6. The third-order valence-electron chi connectivity index (χ3n) is 4.69. The van der Waals surface area contributed by atoms with Crippen LogP contribution in [0.3, 0.4) is 0 Å². The lowest BCUT2D eigenvalue weighted by molar-refractivity contribution is 0.0471. The summed E-state index contributed by atoms with van der Waals surface area (Å²) in [5.74, 6) is -0.532. The molecule has 0 aromatic heterocycles. The van der Waals surface area contributed by atoms with Crippen LogP contribution in [-0.2, 0) is 26.1 Å². The van der Waals surface area contributed by atoms with Gasteiger partial charge in [-0.1, -0.05) is 35.4 Å². The van der Waals surface area contributed by atoms with E-state index in [9.17, 15) is 13.2 Å². The normalized spacial score (nSPS) is 15.4. The Morgan fingerprint density at radius 1 is 1.04 bits per heavy atom. The van der Waals surface area contributed by atoms with Crippen molar-refractivity contribution in [1.82, 2.24) is 4.31 Å². The summed E-state index contributed by atoms with van der Waals surface area (Å²) in [4.78, 5) is 12.7. The molecule has 1 aliphatic heterocycles. The predicted octanol–water partition coefficient (Wildman–Crippen LogP) is 2.99. The number of nitrogens with zero attached hydrogens (tertiary/aromatic N) is 1. The Morgan fingerprint density at radius 2 is 1.68 bits per heavy atom. The van der Waals surface area contributed by atoms with Crippen LogP contribution in [0.15, 0.2) is 41.3 Å². The number of hydrogen-bond donors (Lipinski definition) is 0. The zero-order valence-corrected chi connectivity index (χ0v) is 17.2. The predicted molar refractivity (Wildman–Crippen MR) is 106 cm³/mol. The molecule has 1 aliphatic rings. The number of morpholine rings is 1. The molecular weight excluding hydrogens is 378 g/mol. The Morgan fingerprint density at radius 3 is 2.32 bits per heavy atom. The number of benzene rings is 2. The van der Waals surface area contributed by atoms with Crippen molar-refractivity contribution in [3.63, 3.8) is 0 Å². The monoisotopic (exact) mass is 403 g/mol. The van der Waals surface area contributed by atoms with E-state index in [1.165, 1.54) is 16.4 Å². The molecule has 0 aliphatic carbocycles. The van der Waals surface area contributed by atoms with Gasteiger partial charge in [-0.3, -0.25) is 0 Å². The molecule has 0 unspecified atom stereocenters. The van der Waals surface area contributed by atoms with E-state index >= 15 is 0 Å². The summed E-state index contributed by atoms with van der Waals surface area (Å²) in [7, 11) is -3.67. The van der Waals surface area contributed by atoms with Crippen molar-refractivity contribution in [2.24, 2.45) is 0 Å². The van der Waals surface area contributed by atoms with Crippen LogP contribution in [0.4, 0.5) is 0 Å². The van der Waals surface area contributed by atoms with Crippen molar-refractivity contribution in [3.05, 3.63) is 64.2 Å². The average molecular weight is 404 g/mol. The van der Waals surface area contributed by atoms with E-state index in [0.717, 1.165) is 16.7 Å². The quantitative estimate of drug-likeness (QED) is 0.718. The van der Waals surface area contributed by atoms with Crippen molar-refractivity contribution in [1.29, 1.82) is 0 Å². The lowest BCUT2D eigenvalue weighted by Crippen LogP contribution is -2.40. The second kappa shape index (κ2) is 8.43. The first-order valence-electron chi connectivity index (χ1n) is 9.20. The van der Waals surface area contributed by atoms with Crippen molar-refractivity contribution < 1.29 is 22.7 Å². The Balaban J connectivity index is 1.79. The molecule has 1 saturated heterocycles. The summed E-state index contributed by atoms with van der Waals surface area (Å²) < 4.78 is 37.7. The van der Waals surface area contributed by atoms with E-state index in [1.54, 1.807) is 13.0 Å². The topological polar surface area (TPSA) is 72.9 Å². The third kappa shape index (κ3) is 4.60. The van der Waals surface area contributed by atoms with Crippen LogP contribution in [0, 0.1) is 20.8 Å². The molecule has 150 valence electrons. The Labute approximate surface area is 166 Å². The zero-order valence-electron chi connectivity index (χ0n) is 16.4. The minimum absolute atomic E-state index is 0.0957. The molecule has 0 amide bonds. The first-order chi connectivity index (χ1) is 13.3. The number of rotatable bonds is 5. The van der Waals surface area contributed by atoms with E-state index < -0.39 is 16.0 Å². The smallest absolute Gasteiger partial charge is 0.338 e. The summed E-state index contributed by atoms with van der Waals surface area (Å²) in [6, 6.07) is 10.6. The lowest BCUT2D eigenvalue weighted by atomic mass is 10.1. The van der Waals surface area contributed by atoms with Gasteiger partial charge in [0.15, 0.2) is 0 Å². The van der Waals surface area contributed by atoms with Gasteiger partial charge in [-0.05, 0) is 44.0 Å². The number of carbonyl (C=O) groups is 1. The van der Waals surface area contributed by atoms with Crippen LogP contribution in [0.25, 0.3) is 0 Å². The molecule has 1 heterocycles. The molecule has 28 heavy (non-hydrogen) atoms. The van der Waals surface area contributed by atoms with Gasteiger partial charge in [0.25, 0.3) is 0 Å². The molecule has 2 aromatic rings. The third-order valence-corrected chi connectivity index (χ3v) is 6.58. The van der Waals surface area contributed by atoms with Gasteiger partial charge >= 0.3 is 5.97 Å². The Hall–Kier alpha value is -2.22. The number of sulfonamides is 1. The van der Waals surface area contributed by atoms with E-state index in [1.807, 2.05) is 26.0 Å².